The number of amides is 2. The molecular formula is C14H16F2N2O4S2. The maximum Gasteiger partial charge on any atom is 0.414 e. The number of alkyl halides is 1. The molecule has 0 aliphatic carbocycles. The van der Waals surface area contributed by atoms with Crippen LogP contribution < -0.4 is 10.2 Å². The highest BCUT2D eigenvalue weighted by molar-refractivity contribution is 7.85. The zero-order chi connectivity index (χ0) is 17.7. The minimum atomic E-state index is -1.77. The second-order valence-corrected chi connectivity index (χ2v) is 6.79. The van der Waals surface area contributed by atoms with Crippen LogP contribution in [-0.4, -0.2) is 53.6 Å². The molecule has 0 bridgehead atoms. The Bertz CT molecular complexity index is 660. The number of carbonyl (C=O) groups excluding carboxylic acids is 2. The van der Waals surface area contributed by atoms with Crippen molar-refractivity contribution in [2.45, 2.75) is 11.0 Å². The molecular weight excluding hydrogens is 362 g/mol. The maximum absolute atomic E-state index is 14.0. The Morgan fingerprint density at radius 3 is 2.88 bits per heavy atom. The number of hydrogen-bond donors (Lipinski definition) is 2. The van der Waals surface area contributed by atoms with E-state index in [0.717, 1.165) is 6.07 Å². The number of anilines is 1. The number of nitrogens with one attached hydrogen (secondary N) is 1. The summed E-state index contributed by atoms with van der Waals surface area (Å²) in [7, 11) is -1.77. The summed E-state index contributed by atoms with van der Waals surface area (Å²) in [6.07, 6.45) is -1.23. The van der Waals surface area contributed by atoms with Gasteiger partial charge in [0.1, 0.15) is 18.6 Å². The van der Waals surface area contributed by atoms with E-state index in [4.69, 9.17) is 4.74 Å². The smallest absolute Gasteiger partial charge is 0.414 e. The lowest BCUT2D eigenvalue weighted by Crippen LogP contribution is -2.35. The highest BCUT2D eigenvalue weighted by atomic mass is 32.2. The van der Waals surface area contributed by atoms with Gasteiger partial charge in [-0.3, -0.25) is 18.3 Å². The number of nitrogens with zero attached hydrogens (tertiary/aromatic N) is 1. The van der Waals surface area contributed by atoms with Crippen LogP contribution in [0.4, 0.5) is 19.3 Å². The van der Waals surface area contributed by atoms with Gasteiger partial charge >= 0.3 is 6.09 Å². The van der Waals surface area contributed by atoms with Crippen molar-refractivity contribution in [1.82, 2.24) is 5.32 Å². The number of thiol groups is 1. The molecule has 1 N–H and O–H groups in total. The predicted molar refractivity (Wildman–Crippen MR) is 88.1 cm³/mol. The zero-order valence-electron chi connectivity index (χ0n) is 12.5. The second-order valence-electron chi connectivity index (χ2n) is 4.93. The van der Waals surface area contributed by atoms with Gasteiger partial charge in [-0.2, -0.15) is 12.6 Å². The summed E-state index contributed by atoms with van der Waals surface area (Å²) in [6.45, 7) is -0.549. The van der Waals surface area contributed by atoms with Crippen LogP contribution in [-0.2, 0) is 20.3 Å². The molecule has 0 spiro atoms. The van der Waals surface area contributed by atoms with Gasteiger partial charge in [0.25, 0.3) is 0 Å². The van der Waals surface area contributed by atoms with E-state index >= 15 is 0 Å². The fourth-order valence-electron chi connectivity index (χ4n) is 2.14. The van der Waals surface area contributed by atoms with Crippen LogP contribution in [0.5, 0.6) is 0 Å². The first-order chi connectivity index (χ1) is 11.5. The molecule has 0 aromatic heterocycles. The molecule has 10 heteroatoms. The van der Waals surface area contributed by atoms with Crippen LogP contribution in [0.25, 0.3) is 0 Å². The molecule has 1 aliphatic heterocycles. The van der Waals surface area contributed by atoms with Crippen molar-refractivity contribution in [2.24, 2.45) is 0 Å². The van der Waals surface area contributed by atoms with Gasteiger partial charge in [0.05, 0.1) is 46.0 Å². The monoisotopic (exact) mass is 378 g/mol. The molecule has 1 heterocycles. The van der Waals surface area contributed by atoms with Crippen molar-refractivity contribution in [3.8, 4) is 0 Å². The molecule has 6 nitrogen and oxygen atoms in total. The van der Waals surface area contributed by atoms with Gasteiger partial charge in [-0.1, -0.05) is 0 Å². The van der Waals surface area contributed by atoms with Gasteiger partial charge in [0.15, 0.2) is 0 Å². The summed E-state index contributed by atoms with van der Waals surface area (Å²) in [5.41, 5.74) is 0.238. The van der Waals surface area contributed by atoms with Crippen molar-refractivity contribution < 1.29 is 27.3 Å². The zero-order valence-corrected chi connectivity index (χ0v) is 14.2. The second kappa shape index (κ2) is 8.43. The van der Waals surface area contributed by atoms with Gasteiger partial charge in [0.2, 0.25) is 5.91 Å². The molecule has 1 saturated heterocycles. The minimum absolute atomic E-state index is 0.0209. The molecule has 0 radical (unpaired) electrons. The van der Waals surface area contributed by atoms with Gasteiger partial charge in [-0.15, -0.1) is 0 Å². The first-order valence-corrected chi connectivity index (χ1v) is 9.01. The summed E-state index contributed by atoms with van der Waals surface area (Å²) in [6, 6.07) is 3.74. The van der Waals surface area contributed by atoms with Crippen molar-refractivity contribution >= 4 is 41.1 Å². The van der Waals surface area contributed by atoms with Crippen LogP contribution in [0.15, 0.2) is 23.1 Å². The average molecular weight is 378 g/mol. The molecule has 2 amide bonds. The minimum Gasteiger partial charge on any atom is -0.442 e. The van der Waals surface area contributed by atoms with Crippen molar-refractivity contribution in [2.75, 3.05) is 36.2 Å². The number of ether oxygens (including phenoxy) is 1. The van der Waals surface area contributed by atoms with Crippen LogP contribution in [0.3, 0.4) is 0 Å². The molecule has 132 valence electrons. The lowest BCUT2D eigenvalue weighted by Gasteiger charge is -2.14. The van der Waals surface area contributed by atoms with Crippen molar-refractivity contribution in [3.63, 3.8) is 0 Å². The molecule has 2 atom stereocenters. The summed E-state index contributed by atoms with van der Waals surface area (Å²) in [5, 5.41) is 2.55. The summed E-state index contributed by atoms with van der Waals surface area (Å²) in [4.78, 5) is 24.1. The van der Waals surface area contributed by atoms with Gasteiger partial charge < -0.3 is 10.1 Å². The Morgan fingerprint density at radius 1 is 1.50 bits per heavy atom. The SMILES string of the molecule is O=C(CS)NC[C@H]1CN(c2ccc(S(=O)CCF)c(F)c2)C(=O)O1. The van der Waals surface area contributed by atoms with Crippen molar-refractivity contribution in [3.05, 3.63) is 24.0 Å². The first-order valence-electron chi connectivity index (χ1n) is 7.06. The number of carbonyl (C=O) groups is 2. The molecule has 1 fully saturated rings. The Labute approximate surface area is 145 Å². The Morgan fingerprint density at radius 2 is 2.25 bits per heavy atom. The van der Waals surface area contributed by atoms with E-state index in [2.05, 4.69) is 17.9 Å². The third kappa shape index (κ3) is 4.44. The Hall–Kier alpha value is -1.68. The molecule has 1 aromatic carbocycles. The first kappa shape index (κ1) is 18.7. The van der Waals surface area contributed by atoms with E-state index in [1.165, 1.54) is 17.0 Å². The third-order valence-electron chi connectivity index (χ3n) is 3.28. The van der Waals surface area contributed by atoms with E-state index in [0.29, 0.717) is 0 Å². The largest absolute Gasteiger partial charge is 0.442 e. The number of rotatable bonds is 7. The topological polar surface area (TPSA) is 75.7 Å². The van der Waals surface area contributed by atoms with Crippen LogP contribution >= 0.6 is 12.6 Å². The highest BCUT2D eigenvalue weighted by Crippen LogP contribution is 2.25. The fourth-order valence-corrected chi connectivity index (χ4v) is 3.11. The van der Waals surface area contributed by atoms with Crippen LogP contribution in [0.2, 0.25) is 0 Å². The van der Waals surface area contributed by atoms with Crippen LogP contribution in [0, 0.1) is 5.82 Å². The highest BCUT2D eigenvalue weighted by Gasteiger charge is 2.33. The van der Waals surface area contributed by atoms with E-state index < -0.39 is 35.5 Å². The molecule has 1 aliphatic rings. The van der Waals surface area contributed by atoms with E-state index in [9.17, 15) is 22.6 Å². The lowest BCUT2D eigenvalue weighted by atomic mass is 10.2. The summed E-state index contributed by atoms with van der Waals surface area (Å²) in [5.74, 6) is -1.33. The summed E-state index contributed by atoms with van der Waals surface area (Å²) >= 11 is 3.82. The summed E-state index contributed by atoms with van der Waals surface area (Å²) < 4.78 is 43.0. The Balaban J connectivity index is 2.06. The maximum atomic E-state index is 14.0. The Kier molecular flexibility index (Phi) is 6.55. The average Bonchev–Trinajstić information content (AvgIpc) is 2.93. The molecule has 24 heavy (non-hydrogen) atoms. The number of cyclic esters (lactones) is 1. The van der Waals surface area contributed by atoms with E-state index in [1.807, 2.05) is 0 Å². The standard InChI is InChI=1S/C14H16F2N2O4S2/c15-3-4-24(21)12-2-1-9(5-11(12)16)18-7-10(22-14(18)20)6-17-13(19)8-23/h1-2,5,10,23H,3-4,6-8H2,(H,17,19)/t10-,24?/m0/s1. The molecule has 1 unspecified atom stereocenters. The number of hydrogen-bond acceptors (Lipinski definition) is 5. The third-order valence-corrected chi connectivity index (χ3v) is 4.91. The molecule has 2 rings (SSSR count). The van der Waals surface area contributed by atoms with Gasteiger partial charge in [-0.05, 0) is 18.2 Å². The van der Waals surface area contributed by atoms with E-state index in [1.54, 1.807) is 0 Å². The molecule has 1 aromatic rings. The van der Waals surface area contributed by atoms with Crippen molar-refractivity contribution in [1.29, 1.82) is 0 Å². The van der Waals surface area contributed by atoms with Crippen LogP contribution in [0.1, 0.15) is 0 Å². The fraction of sp³-hybridized carbons (Fsp3) is 0.429. The molecule has 0 saturated carbocycles. The normalized spacial score (nSPS) is 18.4. The van der Waals surface area contributed by atoms with Gasteiger partial charge in [-0.25, -0.2) is 9.18 Å². The quantitative estimate of drug-likeness (QED) is 0.701. The number of benzene rings is 1. The van der Waals surface area contributed by atoms with E-state index in [-0.39, 0.29) is 41.1 Å². The van der Waals surface area contributed by atoms with Gasteiger partial charge in [0, 0.05) is 0 Å². The predicted octanol–water partition coefficient (Wildman–Crippen LogP) is 1.27. The lowest BCUT2D eigenvalue weighted by molar-refractivity contribution is -0.118. The number of halogens is 2.